The van der Waals surface area contributed by atoms with Crippen molar-refractivity contribution < 1.29 is 19.5 Å². The zero-order chi connectivity index (χ0) is 10.3. The molecule has 0 spiro atoms. The van der Waals surface area contributed by atoms with Crippen LogP contribution in [0.4, 0.5) is 0 Å². The smallest absolute Gasteiger partial charge is 0.335 e. The van der Waals surface area contributed by atoms with Gasteiger partial charge in [0.25, 0.3) is 0 Å². The third kappa shape index (κ3) is 7.46. The maximum atomic E-state index is 3.03. The minimum absolute atomic E-state index is 0. The van der Waals surface area contributed by atoms with Crippen LogP contribution in [0, 0.1) is 12.5 Å². The summed E-state index contributed by atoms with van der Waals surface area (Å²) in [6, 6.07) is 11.4. The quantitative estimate of drug-likeness (QED) is 0.535. The van der Waals surface area contributed by atoms with Crippen molar-refractivity contribution in [2.24, 2.45) is 0 Å². The first-order valence-corrected chi connectivity index (χ1v) is 8.23. The van der Waals surface area contributed by atoms with E-state index in [1.54, 1.807) is 0 Å². The normalized spacial score (nSPS) is 9.50. The second-order valence-electron chi connectivity index (χ2n) is 4.12. The topological polar surface area (TPSA) is 0 Å². The van der Waals surface area contributed by atoms with E-state index < -0.39 is 8.07 Å². The van der Waals surface area contributed by atoms with Gasteiger partial charge in [0.2, 0.25) is 0 Å². The standard InChI is InChI=1S/C9H13Si.C3H7.Zn/c1-10(2,3)9-7-5-4-6-8-9;1-3-2;/h5-8H,1-3H3;3H,1-2H3;/q2*-1;+2. The summed E-state index contributed by atoms with van der Waals surface area (Å²) in [7, 11) is -1.05. The van der Waals surface area contributed by atoms with Crippen LogP contribution in [0.15, 0.2) is 24.3 Å². The summed E-state index contributed by atoms with van der Waals surface area (Å²) in [5, 5.41) is 1.51. The van der Waals surface area contributed by atoms with E-state index in [1.807, 2.05) is 32.4 Å². The fourth-order valence-corrected chi connectivity index (χ4v) is 2.05. The van der Waals surface area contributed by atoms with Crippen molar-refractivity contribution in [3.63, 3.8) is 0 Å². The van der Waals surface area contributed by atoms with E-state index in [9.17, 15) is 0 Å². The molecule has 14 heavy (non-hydrogen) atoms. The van der Waals surface area contributed by atoms with Gasteiger partial charge in [0, 0.05) is 0 Å². The SMILES string of the molecule is C[CH-]C.C[Si](C)(C)c1cc[c-]cc1.[Zn+2]. The van der Waals surface area contributed by atoms with Crippen LogP contribution >= 0.6 is 0 Å². The summed E-state index contributed by atoms with van der Waals surface area (Å²) in [5.74, 6) is 0. The molecular weight excluding hydrogens is 238 g/mol. The molecule has 0 unspecified atom stereocenters. The van der Waals surface area contributed by atoms with Gasteiger partial charge in [0.15, 0.2) is 0 Å². The number of benzene rings is 1. The Morgan fingerprint density at radius 1 is 1.07 bits per heavy atom. The molecule has 0 amide bonds. The van der Waals surface area contributed by atoms with Crippen LogP contribution in [-0.2, 0) is 19.5 Å². The van der Waals surface area contributed by atoms with E-state index in [0.717, 1.165) is 0 Å². The summed E-state index contributed by atoms with van der Waals surface area (Å²) in [6.45, 7) is 11.0. The maximum Gasteiger partial charge on any atom is 2.00 e. The second kappa shape index (κ2) is 8.38. The zero-order valence-electron chi connectivity index (χ0n) is 10.1. The maximum absolute atomic E-state index is 3.03. The van der Waals surface area contributed by atoms with Crippen LogP contribution in [-0.4, -0.2) is 8.07 Å². The summed E-state index contributed by atoms with van der Waals surface area (Å²) in [5.41, 5.74) is 0. The van der Waals surface area contributed by atoms with Gasteiger partial charge in [-0.1, -0.05) is 19.6 Å². The molecule has 0 aromatic heterocycles. The average molecular weight is 258 g/mol. The van der Waals surface area contributed by atoms with Gasteiger partial charge < -0.3 is 6.42 Å². The third-order valence-electron chi connectivity index (χ3n) is 1.58. The summed E-state index contributed by atoms with van der Waals surface area (Å²) in [6.07, 6.45) is 2.00. The fraction of sp³-hybridized carbons (Fsp3) is 0.417. The molecule has 0 aliphatic heterocycles. The van der Waals surface area contributed by atoms with Gasteiger partial charge >= 0.3 is 19.5 Å². The minimum Gasteiger partial charge on any atom is -0.335 e. The van der Waals surface area contributed by atoms with Crippen molar-refractivity contribution in [3.05, 3.63) is 36.8 Å². The minimum atomic E-state index is -1.05. The molecule has 0 aliphatic rings. The first kappa shape index (κ1) is 16.5. The Kier molecular flexibility index (Phi) is 9.86. The van der Waals surface area contributed by atoms with Crippen molar-refractivity contribution in [2.45, 2.75) is 33.5 Å². The van der Waals surface area contributed by atoms with E-state index in [2.05, 4.69) is 37.8 Å². The molecule has 0 saturated carbocycles. The fourth-order valence-electron chi connectivity index (χ4n) is 0.887. The van der Waals surface area contributed by atoms with Crippen molar-refractivity contribution >= 4 is 13.3 Å². The van der Waals surface area contributed by atoms with E-state index in [0.29, 0.717) is 0 Å². The van der Waals surface area contributed by atoms with Gasteiger partial charge in [-0.05, 0) is 0 Å². The van der Waals surface area contributed by atoms with Crippen LogP contribution < -0.4 is 5.19 Å². The third-order valence-corrected chi connectivity index (χ3v) is 3.65. The number of rotatable bonds is 1. The Hall–Kier alpha value is 0.0603. The Morgan fingerprint density at radius 2 is 1.43 bits per heavy atom. The molecule has 0 N–H and O–H groups in total. The Bertz CT molecular complexity index is 214. The molecule has 0 fully saturated rings. The molecule has 1 rings (SSSR count). The molecule has 0 radical (unpaired) electrons. The average Bonchev–Trinajstić information content (AvgIpc) is 2.06. The summed E-state index contributed by atoms with van der Waals surface area (Å²) < 4.78 is 0. The van der Waals surface area contributed by atoms with Gasteiger partial charge in [0.05, 0.1) is 8.07 Å². The molecule has 0 aliphatic carbocycles. The molecule has 0 atom stereocenters. The second-order valence-corrected chi connectivity index (χ2v) is 9.19. The summed E-state index contributed by atoms with van der Waals surface area (Å²) >= 11 is 0. The van der Waals surface area contributed by atoms with Gasteiger partial charge in [-0.15, -0.1) is 0 Å². The van der Waals surface area contributed by atoms with Crippen LogP contribution in [0.25, 0.3) is 0 Å². The molecule has 0 bridgehead atoms. The first-order chi connectivity index (χ1) is 6.02. The predicted octanol–water partition coefficient (Wildman–Crippen LogP) is 3.26. The largest absolute Gasteiger partial charge is 2.00 e. The first-order valence-electron chi connectivity index (χ1n) is 4.73. The molecule has 74 valence electrons. The van der Waals surface area contributed by atoms with Crippen molar-refractivity contribution in [2.75, 3.05) is 0 Å². The predicted molar refractivity (Wildman–Crippen MR) is 63.9 cm³/mol. The molecule has 0 nitrogen and oxygen atoms in total. The molecular formula is C12H20SiZn. The Labute approximate surface area is 103 Å². The molecule has 1 aromatic rings. The Morgan fingerprint density at radius 3 is 1.64 bits per heavy atom. The van der Waals surface area contributed by atoms with Crippen LogP contribution in [0.5, 0.6) is 0 Å². The Balaban J connectivity index is 0. The summed E-state index contributed by atoms with van der Waals surface area (Å²) in [4.78, 5) is 0. The van der Waals surface area contributed by atoms with E-state index in [4.69, 9.17) is 0 Å². The van der Waals surface area contributed by atoms with E-state index in [-0.39, 0.29) is 19.5 Å². The van der Waals surface area contributed by atoms with Crippen LogP contribution in [0.2, 0.25) is 19.6 Å². The van der Waals surface area contributed by atoms with Gasteiger partial charge in [-0.2, -0.15) is 49.4 Å². The van der Waals surface area contributed by atoms with Crippen molar-refractivity contribution in [3.8, 4) is 0 Å². The molecule has 0 saturated heterocycles. The number of hydrogen-bond donors (Lipinski definition) is 0. The molecule has 0 heterocycles. The van der Waals surface area contributed by atoms with Crippen molar-refractivity contribution in [1.29, 1.82) is 0 Å². The van der Waals surface area contributed by atoms with Crippen LogP contribution in [0.3, 0.4) is 0 Å². The van der Waals surface area contributed by atoms with Crippen molar-refractivity contribution in [1.82, 2.24) is 0 Å². The van der Waals surface area contributed by atoms with Gasteiger partial charge in [0.1, 0.15) is 0 Å². The number of hydrogen-bond acceptors (Lipinski definition) is 0. The molecule has 2 heteroatoms. The van der Waals surface area contributed by atoms with Gasteiger partial charge in [-0.3, -0.25) is 0 Å². The van der Waals surface area contributed by atoms with Crippen LogP contribution in [0.1, 0.15) is 13.8 Å². The zero-order valence-corrected chi connectivity index (χ0v) is 14.1. The molecule has 1 aromatic carbocycles. The van der Waals surface area contributed by atoms with Gasteiger partial charge in [-0.25, -0.2) is 0 Å². The van der Waals surface area contributed by atoms with E-state index in [1.165, 1.54) is 5.19 Å². The van der Waals surface area contributed by atoms with E-state index >= 15 is 0 Å². The monoisotopic (exact) mass is 256 g/mol.